The smallest absolute Gasteiger partial charge is 0.407 e. The minimum Gasteiger partial charge on any atom is -0.465 e. The van der Waals surface area contributed by atoms with E-state index in [0.29, 0.717) is 30.7 Å². The molecule has 4 rings (SSSR count). The van der Waals surface area contributed by atoms with Gasteiger partial charge in [-0.25, -0.2) is 9.59 Å². The Bertz CT molecular complexity index is 1160. The first kappa shape index (κ1) is 21.9. The minimum absolute atomic E-state index is 0.179. The molecule has 0 radical (unpaired) electrons. The predicted octanol–water partition coefficient (Wildman–Crippen LogP) is 1.53. The van der Waals surface area contributed by atoms with Crippen molar-refractivity contribution in [1.82, 2.24) is 19.4 Å². The maximum Gasteiger partial charge on any atom is 0.407 e. The van der Waals surface area contributed by atoms with Crippen LogP contribution in [0.25, 0.3) is 11.0 Å². The number of carbonyl (C=O) groups is 3. The highest BCUT2D eigenvalue weighted by Crippen LogP contribution is 2.32. The number of aryl methyl sites for hydroxylation is 1. The molecule has 172 valence electrons. The number of hydrogen-bond acceptors (Lipinski definition) is 5. The molecule has 0 saturated carbocycles. The molecule has 2 aliphatic rings. The monoisotopic (exact) mass is 443 g/mol. The second-order valence-corrected chi connectivity index (χ2v) is 9.66. The fourth-order valence-electron chi connectivity index (χ4n) is 4.77. The number of fused-ring (bicyclic) bond motifs is 1. The number of anilines is 1. The molecule has 2 fully saturated rings. The van der Waals surface area contributed by atoms with Crippen molar-refractivity contribution in [2.24, 2.45) is 12.5 Å². The molecule has 32 heavy (non-hydrogen) atoms. The maximum atomic E-state index is 13.0. The number of piperidine rings is 1. The van der Waals surface area contributed by atoms with Crippen LogP contribution in [0.4, 0.5) is 10.5 Å². The van der Waals surface area contributed by atoms with E-state index < -0.39 is 18.0 Å². The van der Waals surface area contributed by atoms with Crippen molar-refractivity contribution in [3.63, 3.8) is 0 Å². The maximum absolute atomic E-state index is 13.0. The number of rotatable bonds is 2. The van der Waals surface area contributed by atoms with Crippen LogP contribution in [-0.2, 0) is 16.6 Å². The van der Waals surface area contributed by atoms with E-state index in [4.69, 9.17) is 0 Å². The molecule has 10 heteroatoms. The number of benzene rings is 1. The van der Waals surface area contributed by atoms with Gasteiger partial charge in [-0.1, -0.05) is 20.8 Å². The van der Waals surface area contributed by atoms with Crippen LogP contribution in [-0.4, -0.2) is 62.7 Å². The zero-order chi connectivity index (χ0) is 23.4. The summed E-state index contributed by atoms with van der Waals surface area (Å²) in [6, 6.07) is 4.74. The number of imidazole rings is 1. The van der Waals surface area contributed by atoms with Crippen LogP contribution in [0, 0.1) is 5.41 Å². The summed E-state index contributed by atoms with van der Waals surface area (Å²) in [5.74, 6) is -0.784. The van der Waals surface area contributed by atoms with E-state index in [0.717, 1.165) is 5.69 Å². The van der Waals surface area contributed by atoms with E-state index in [2.05, 4.69) is 10.2 Å². The quantitative estimate of drug-likeness (QED) is 0.680. The Kier molecular flexibility index (Phi) is 5.26. The second kappa shape index (κ2) is 7.68. The number of nitrogens with one attached hydrogen (secondary N) is 1. The summed E-state index contributed by atoms with van der Waals surface area (Å²) in [7, 11) is 1.66. The average molecular weight is 444 g/mol. The summed E-state index contributed by atoms with van der Waals surface area (Å²) in [4.78, 5) is 52.2. The van der Waals surface area contributed by atoms with Crippen LogP contribution in [0.1, 0.15) is 39.7 Å². The van der Waals surface area contributed by atoms with Crippen LogP contribution in [0.3, 0.4) is 0 Å². The van der Waals surface area contributed by atoms with E-state index in [9.17, 15) is 24.3 Å². The zero-order valence-electron chi connectivity index (χ0n) is 18.8. The summed E-state index contributed by atoms with van der Waals surface area (Å²) < 4.78 is 2.97. The van der Waals surface area contributed by atoms with E-state index in [-0.39, 0.29) is 35.9 Å². The van der Waals surface area contributed by atoms with Crippen LogP contribution in [0.15, 0.2) is 23.0 Å². The van der Waals surface area contributed by atoms with Gasteiger partial charge < -0.3 is 14.9 Å². The van der Waals surface area contributed by atoms with Crippen molar-refractivity contribution in [1.29, 1.82) is 0 Å². The molecule has 2 saturated heterocycles. The number of hydrogen-bond donors (Lipinski definition) is 2. The lowest BCUT2D eigenvalue weighted by atomic mass is 9.84. The second-order valence-electron chi connectivity index (χ2n) is 9.66. The van der Waals surface area contributed by atoms with Crippen molar-refractivity contribution >= 4 is 34.6 Å². The van der Waals surface area contributed by atoms with Gasteiger partial charge in [-0.3, -0.25) is 24.0 Å². The van der Waals surface area contributed by atoms with Crippen molar-refractivity contribution in [3.8, 4) is 0 Å². The molecule has 0 bridgehead atoms. The molecule has 0 aliphatic carbocycles. The fraction of sp³-hybridized carbons (Fsp3) is 0.545. The number of amides is 3. The van der Waals surface area contributed by atoms with Gasteiger partial charge in [0.15, 0.2) is 0 Å². The number of carbonyl (C=O) groups excluding carboxylic acids is 2. The molecule has 3 heterocycles. The number of aromatic nitrogens is 2. The molecule has 1 aromatic heterocycles. The van der Waals surface area contributed by atoms with E-state index in [1.165, 1.54) is 14.0 Å². The minimum atomic E-state index is -0.913. The summed E-state index contributed by atoms with van der Waals surface area (Å²) >= 11 is 0. The highest BCUT2D eigenvalue weighted by Gasteiger charge is 2.38. The van der Waals surface area contributed by atoms with E-state index in [1.807, 2.05) is 39.0 Å². The lowest BCUT2D eigenvalue weighted by Crippen LogP contribution is -2.59. The molecule has 2 N–H and O–H groups in total. The molecular formula is C22H29N5O5. The van der Waals surface area contributed by atoms with Crippen molar-refractivity contribution < 1.29 is 19.5 Å². The average Bonchev–Trinajstić information content (AvgIpc) is 2.97. The summed E-state index contributed by atoms with van der Waals surface area (Å²) in [5.41, 5.74) is 1.67. The number of nitrogens with zero attached hydrogens (tertiary/aromatic N) is 4. The molecular weight excluding hydrogens is 414 g/mol. The first-order valence-electron chi connectivity index (χ1n) is 10.8. The zero-order valence-corrected chi connectivity index (χ0v) is 18.8. The van der Waals surface area contributed by atoms with Gasteiger partial charge in [-0.2, -0.15) is 0 Å². The molecule has 10 nitrogen and oxygen atoms in total. The highest BCUT2D eigenvalue weighted by atomic mass is 16.4. The lowest BCUT2D eigenvalue weighted by Gasteiger charge is -2.46. The van der Waals surface area contributed by atoms with Gasteiger partial charge in [0.25, 0.3) is 0 Å². The molecule has 2 atom stereocenters. The fourth-order valence-corrected chi connectivity index (χ4v) is 4.77. The lowest BCUT2D eigenvalue weighted by molar-refractivity contribution is -0.135. The Labute approximate surface area is 185 Å². The molecule has 1 aromatic carbocycles. The van der Waals surface area contributed by atoms with E-state index >= 15 is 0 Å². The number of carboxylic acid groups (broad SMARTS) is 1. The van der Waals surface area contributed by atoms with Crippen molar-refractivity contribution in [2.45, 2.75) is 45.7 Å². The molecule has 2 aliphatic heterocycles. The Morgan fingerprint density at radius 1 is 1.12 bits per heavy atom. The van der Waals surface area contributed by atoms with Gasteiger partial charge in [-0.05, 0) is 30.0 Å². The highest BCUT2D eigenvalue weighted by molar-refractivity contribution is 6.00. The topological polar surface area (TPSA) is 117 Å². The van der Waals surface area contributed by atoms with E-state index in [1.54, 1.807) is 7.05 Å². The van der Waals surface area contributed by atoms with Gasteiger partial charge in [-0.15, -0.1) is 0 Å². The Hall–Kier alpha value is -3.30. The third-order valence-electron chi connectivity index (χ3n) is 6.59. The van der Waals surface area contributed by atoms with Gasteiger partial charge in [0.2, 0.25) is 11.8 Å². The van der Waals surface area contributed by atoms with Crippen LogP contribution in [0.2, 0.25) is 0 Å². The van der Waals surface area contributed by atoms with Crippen LogP contribution in [0.5, 0.6) is 0 Å². The largest absolute Gasteiger partial charge is 0.465 e. The first-order valence-corrected chi connectivity index (χ1v) is 10.8. The van der Waals surface area contributed by atoms with Gasteiger partial charge in [0.1, 0.15) is 6.04 Å². The standard InChI is InChI=1S/C22H29N5O5/c1-22(2,3)17-12-25(9-10-26(17)21(31)32)13-5-6-14-16(11-13)24(4)20(30)27(14)15-7-8-18(28)23-19(15)29/h5-6,11,15,17H,7-10,12H2,1-4H3,(H,31,32)(H,23,28,29). The first-order chi connectivity index (χ1) is 15.0. The number of piperazine rings is 1. The molecule has 3 amide bonds. The Balaban J connectivity index is 1.70. The SMILES string of the molecule is Cn1c(=O)n(C2CCC(=O)NC2=O)c2ccc(N3CCN(C(=O)O)C(C(C)(C)C)C3)cc21. The predicted molar refractivity (Wildman–Crippen MR) is 119 cm³/mol. The van der Waals surface area contributed by atoms with Gasteiger partial charge in [0, 0.05) is 38.8 Å². The molecule has 2 unspecified atom stereocenters. The van der Waals surface area contributed by atoms with Gasteiger partial charge in [0.05, 0.1) is 17.1 Å². The Morgan fingerprint density at radius 3 is 2.47 bits per heavy atom. The Morgan fingerprint density at radius 2 is 1.84 bits per heavy atom. The normalized spacial score (nSPS) is 22.4. The van der Waals surface area contributed by atoms with Crippen LogP contribution >= 0.6 is 0 Å². The third kappa shape index (κ3) is 3.63. The molecule has 2 aromatic rings. The summed E-state index contributed by atoms with van der Waals surface area (Å²) in [5, 5.41) is 11.9. The van der Waals surface area contributed by atoms with Gasteiger partial charge >= 0.3 is 11.8 Å². The molecule has 0 spiro atoms. The van der Waals surface area contributed by atoms with Crippen molar-refractivity contribution in [3.05, 3.63) is 28.7 Å². The third-order valence-corrected chi connectivity index (χ3v) is 6.59. The van der Waals surface area contributed by atoms with Crippen molar-refractivity contribution in [2.75, 3.05) is 24.5 Å². The summed E-state index contributed by atoms with van der Waals surface area (Å²) in [6.45, 7) is 7.58. The number of imide groups is 1. The van der Waals surface area contributed by atoms with Crippen LogP contribution < -0.4 is 15.9 Å². The summed E-state index contributed by atoms with van der Waals surface area (Å²) in [6.07, 6.45) is -0.432.